The van der Waals surface area contributed by atoms with E-state index in [-0.39, 0.29) is 10.5 Å². The first-order valence-corrected chi connectivity index (χ1v) is 9.68. The van der Waals surface area contributed by atoms with E-state index in [2.05, 4.69) is 0 Å². The Labute approximate surface area is 156 Å². The van der Waals surface area contributed by atoms with Crippen molar-refractivity contribution in [2.24, 2.45) is 0 Å². The summed E-state index contributed by atoms with van der Waals surface area (Å²) in [5.41, 5.74) is 0.185. The molecule has 7 nitrogen and oxygen atoms in total. The Kier molecular flexibility index (Phi) is 5.00. The number of carbonyl (C=O) groups excluding carboxylic acids is 1. The van der Waals surface area contributed by atoms with Crippen molar-refractivity contribution in [3.05, 3.63) is 82.5 Å². The number of hydrogen-bond acceptors (Lipinski definition) is 5. The van der Waals surface area contributed by atoms with Gasteiger partial charge in [0.1, 0.15) is 5.75 Å². The molecular formula is C19H18N2O5S. The van der Waals surface area contributed by atoms with Crippen molar-refractivity contribution in [3.63, 3.8) is 0 Å². The lowest BCUT2D eigenvalue weighted by atomic mass is 10.2. The lowest BCUT2D eigenvalue weighted by Gasteiger charge is -2.06. The number of imidazole rings is 1. The number of aromatic nitrogens is 2. The molecule has 0 N–H and O–H groups in total. The molecule has 0 radical (unpaired) electrons. The largest absolute Gasteiger partial charge is 0.494 e. The minimum atomic E-state index is -4.08. The van der Waals surface area contributed by atoms with Gasteiger partial charge in [-0.3, -0.25) is 4.79 Å². The van der Waals surface area contributed by atoms with Gasteiger partial charge in [0.05, 0.1) is 11.5 Å². The van der Waals surface area contributed by atoms with Gasteiger partial charge in [-0.2, -0.15) is 3.97 Å². The van der Waals surface area contributed by atoms with Crippen molar-refractivity contribution in [2.45, 2.75) is 18.7 Å². The first-order valence-electron chi connectivity index (χ1n) is 8.24. The summed E-state index contributed by atoms with van der Waals surface area (Å²) in [6.07, 6.45) is 2.22. The molecule has 0 amide bonds. The van der Waals surface area contributed by atoms with E-state index in [1.807, 2.05) is 13.8 Å². The van der Waals surface area contributed by atoms with E-state index in [9.17, 15) is 18.0 Å². The second-order valence-electron chi connectivity index (χ2n) is 5.83. The smallest absolute Gasteiger partial charge is 0.349 e. The van der Waals surface area contributed by atoms with Crippen molar-refractivity contribution in [1.82, 2.24) is 8.54 Å². The molecule has 0 saturated carbocycles. The summed E-state index contributed by atoms with van der Waals surface area (Å²) >= 11 is 0. The fraction of sp³-hybridized carbons (Fsp3) is 0.158. The van der Waals surface area contributed by atoms with Crippen LogP contribution in [0.25, 0.3) is 0 Å². The third-order valence-corrected chi connectivity index (χ3v) is 5.62. The Balaban J connectivity index is 1.96. The van der Waals surface area contributed by atoms with Crippen molar-refractivity contribution in [2.75, 3.05) is 6.61 Å². The van der Waals surface area contributed by atoms with Gasteiger partial charge >= 0.3 is 5.69 Å². The van der Waals surface area contributed by atoms with Crippen LogP contribution in [-0.2, 0) is 10.0 Å². The van der Waals surface area contributed by atoms with Crippen LogP contribution in [0, 0.1) is 6.92 Å². The third-order valence-electron chi connectivity index (χ3n) is 3.95. The summed E-state index contributed by atoms with van der Waals surface area (Å²) in [5, 5.41) is 0. The summed E-state index contributed by atoms with van der Waals surface area (Å²) in [6.45, 7) is 4.16. The highest BCUT2D eigenvalue weighted by molar-refractivity contribution is 7.90. The molecular weight excluding hydrogens is 368 g/mol. The first kappa shape index (κ1) is 18.7. The summed E-state index contributed by atoms with van der Waals surface area (Å²) in [4.78, 5) is 25.1. The number of aryl methyl sites for hydroxylation is 1. The van der Waals surface area contributed by atoms with Gasteiger partial charge in [-0.05, 0) is 50.2 Å². The average Bonchev–Trinajstić information content (AvgIpc) is 3.04. The highest BCUT2D eigenvalue weighted by Gasteiger charge is 2.22. The van der Waals surface area contributed by atoms with E-state index in [0.717, 1.165) is 22.5 Å². The van der Waals surface area contributed by atoms with Crippen LogP contribution < -0.4 is 10.4 Å². The van der Waals surface area contributed by atoms with Crippen LogP contribution in [0.4, 0.5) is 0 Å². The van der Waals surface area contributed by atoms with E-state index in [4.69, 9.17) is 4.74 Å². The molecule has 140 valence electrons. The summed E-state index contributed by atoms with van der Waals surface area (Å²) in [7, 11) is -4.08. The summed E-state index contributed by atoms with van der Waals surface area (Å²) < 4.78 is 32.0. The zero-order chi connectivity index (χ0) is 19.6. The molecule has 0 aliphatic rings. The maximum Gasteiger partial charge on any atom is 0.349 e. The Bertz CT molecular complexity index is 1120. The average molecular weight is 386 g/mol. The van der Waals surface area contributed by atoms with Gasteiger partial charge in [0.2, 0.25) is 0 Å². The molecule has 0 saturated heterocycles. The number of benzene rings is 2. The van der Waals surface area contributed by atoms with E-state index < -0.39 is 21.6 Å². The van der Waals surface area contributed by atoms with Crippen LogP contribution in [0.15, 0.2) is 70.6 Å². The normalized spacial score (nSPS) is 11.3. The van der Waals surface area contributed by atoms with Gasteiger partial charge in [0.25, 0.3) is 15.9 Å². The SMILES string of the molecule is CCOc1ccc(C(=O)n2ccn(S(=O)(=O)c3ccc(C)cc3)c2=O)cc1. The number of ether oxygens (including phenoxy) is 1. The van der Waals surface area contributed by atoms with Crippen LogP contribution in [-0.4, -0.2) is 29.5 Å². The number of hydrogen-bond donors (Lipinski definition) is 0. The fourth-order valence-corrected chi connectivity index (χ4v) is 3.74. The molecule has 0 bridgehead atoms. The van der Waals surface area contributed by atoms with E-state index in [1.165, 1.54) is 24.3 Å². The Hall–Kier alpha value is -3.13. The highest BCUT2D eigenvalue weighted by Crippen LogP contribution is 2.15. The lowest BCUT2D eigenvalue weighted by molar-refractivity contribution is 0.0956. The summed E-state index contributed by atoms with van der Waals surface area (Å²) in [6, 6.07) is 12.4. The summed E-state index contributed by atoms with van der Waals surface area (Å²) in [5.74, 6) is -0.0261. The molecule has 27 heavy (non-hydrogen) atoms. The van der Waals surface area contributed by atoms with Gasteiger partial charge in [0.15, 0.2) is 0 Å². The molecule has 3 rings (SSSR count). The Morgan fingerprint density at radius 2 is 1.63 bits per heavy atom. The predicted octanol–water partition coefficient (Wildman–Crippen LogP) is 2.28. The topological polar surface area (TPSA) is 87.4 Å². The molecule has 0 atom stereocenters. The van der Waals surface area contributed by atoms with Crippen molar-refractivity contribution >= 4 is 15.9 Å². The van der Waals surface area contributed by atoms with E-state index >= 15 is 0 Å². The van der Waals surface area contributed by atoms with Crippen LogP contribution in [0.1, 0.15) is 22.8 Å². The molecule has 1 heterocycles. The molecule has 0 unspecified atom stereocenters. The van der Waals surface area contributed by atoms with E-state index in [0.29, 0.717) is 16.3 Å². The number of carbonyl (C=O) groups is 1. The highest BCUT2D eigenvalue weighted by atomic mass is 32.2. The molecule has 0 aliphatic carbocycles. The molecule has 0 fully saturated rings. The van der Waals surface area contributed by atoms with Crippen LogP contribution >= 0.6 is 0 Å². The van der Waals surface area contributed by atoms with Gasteiger partial charge in [0, 0.05) is 18.0 Å². The molecule has 0 spiro atoms. The van der Waals surface area contributed by atoms with Crippen molar-refractivity contribution < 1.29 is 17.9 Å². The predicted molar refractivity (Wildman–Crippen MR) is 99.8 cm³/mol. The second-order valence-corrected chi connectivity index (χ2v) is 7.64. The maximum absolute atomic E-state index is 12.7. The van der Waals surface area contributed by atoms with Crippen LogP contribution in [0.2, 0.25) is 0 Å². The third kappa shape index (κ3) is 3.56. The monoisotopic (exact) mass is 386 g/mol. The zero-order valence-electron chi connectivity index (χ0n) is 14.8. The number of rotatable bonds is 5. The lowest BCUT2D eigenvalue weighted by Crippen LogP contribution is -2.32. The molecule has 2 aromatic carbocycles. The standard InChI is InChI=1S/C19H18N2O5S/c1-3-26-16-8-6-15(7-9-16)18(22)20-12-13-21(19(20)23)27(24,25)17-10-4-14(2)5-11-17/h4-13H,3H2,1-2H3. The van der Waals surface area contributed by atoms with Crippen molar-refractivity contribution in [1.29, 1.82) is 0 Å². The molecule has 3 aromatic rings. The van der Waals surface area contributed by atoms with Crippen LogP contribution in [0.3, 0.4) is 0 Å². The van der Waals surface area contributed by atoms with Gasteiger partial charge in [-0.1, -0.05) is 17.7 Å². The molecule has 0 aliphatic heterocycles. The van der Waals surface area contributed by atoms with Gasteiger partial charge in [-0.25, -0.2) is 17.8 Å². The zero-order valence-corrected chi connectivity index (χ0v) is 15.6. The molecule has 8 heteroatoms. The minimum Gasteiger partial charge on any atom is -0.494 e. The number of nitrogens with zero attached hydrogens (tertiary/aromatic N) is 2. The van der Waals surface area contributed by atoms with Crippen molar-refractivity contribution in [3.8, 4) is 5.75 Å². The van der Waals surface area contributed by atoms with Gasteiger partial charge < -0.3 is 4.74 Å². The van der Waals surface area contributed by atoms with E-state index in [1.54, 1.807) is 24.3 Å². The van der Waals surface area contributed by atoms with Gasteiger partial charge in [-0.15, -0.1) is 0 Å². The Morgan fingerprint density at radius 1 is 1.00 bits per heavy atom. The minimum absolute atomic E-state index is 0.0264. The second kappa shape index (κ2) is 7.24. The van der Waals surface area contributed by atoms with Crippen LogP contribution in [0.5, 0.6) is 5.75 Å². The first-order chi connectivity index (χ1) is 12.8. The maximum atomic E-state index is 12.7. The fourth-order valence-electron chi connectivity index (χ4n) is 2.52. The molecule has 1 aromatic heterocycles. The Morgan fingerprint density at radius 3 is 2.22 bits per heavy atom. The quantitative estimate of drug-likeness (QED) is 0.671.